The van der Waals surface area contributed by atoms with Crippen molar-refractivity contribution >= 4 is 39.1 Å². The van der Waals surface area contributed by atoms with Crippen LogP contribution in [0.3, 0.4) is 0 Å². The highest BCUT2D eigenvalue weighted by atomic mass is 35.5. The Balaban J connectivity index is 1.74. The van der Waals surface area contributed by atoms with Crippen LogP contribution in [-0.4, -0.2) is 31.4 Å². The first-order valence-corrected chi connectivity index (χ1v) is 13.4. The molecule has 5 rings (SSSR count). The number of halogens is 1. The second kappa shape index (κ2) is 9.89. The first-order chi connectivity index (χ1) is 18.0. The molecule has 0 bridgehead atoms. The number of carboxylic acids is 1. The van der Waals surface area contributed by atoms with Gasteiger partial charge in [0.05, 0.1) is 22.8 Å². The molecule has 0 aliphatic rings. The second-order valence-electron chi connectivity index (χ2n) is 10.3. The Morgan fingerprint density at radius 2 is 1.87 bits per heavy atom. The molecule has 3 aromatic carbocycles. The van der Waals surface area contributed by atoms with E-state index in [1.165, 1.54) is 0 Å². The summed E-state index contributed by atoms with van der Waals surface area (Å²) in [5.74, 6) is -0.285. The van der Waals surface area contributed by atoms with E-state index in [0.29, 0.717) is 10.8 Å². The molecule has 38 heavy (non-hydrogen) atoms. The lowest BCUT2D eigenvalue weighted by Crippen LogP contribution is -2.23. The van der Waals surface area contributed by atoms with Crippen molar-refractivity contribution in [3.8, 4) is 38.6 Å². The van der Waals surface area contributed by atoms with E-state index >= 15 is 0 Å². The number of fused-ring (bicyclic) bond motifs is 1. The van der Waals surface area contributed by atoms with Crippen LogP contribution in [0.25, 0.3) is 43.0 Å². The normalized spacial score (nSPS) is 11.7. The van der Waals surface area contributed by atoms with Gasteiger partial charge >= 0.3 is 5.97 Å². The molecular formula is C30H28ClN3O3S. The molecule has 8 heteroatoms. The van der Waals surface area contributed by atoms with Crippen LogP contribution >= 0.6 is 22.9 Å². The number of nitrogens with zero attached hydrogens (tertiary/aromatic N) is 3. The van der Waals surface area contributed by atoms with Crippen molar-refractivity contribution in [2.75, 3.05) is 0 Å². The molecule has 5 aromatic rings. The van der Waals surface area contributed by atoms with Gasteiger partial charge in [-0.15, -0.1) is 11.3 Å². The van der Waals surface area contributed by atoms with Crippen molar-refractivity contribution in [3.63, 3.8) is 0 Å². The van der Waals surface area contributed by atoms with Crippen LogP contribution in [0.2, 0.25) is 5.02 Å². The van der Waals surface area contributed by atoms with Crippen LogP contribution in [0.5, 0.6) is 5.75 Å². The van der Waals surface area contributed by atoms with E-state index in [4.69, 9.17) is 21.3 Å². The minimum Gasteiger partial charge on any atom is -0.487 e. The first-order valence-electron chi connectivity index (χ1n) is 12.2. The molecule has 2 aromatic heterocycles. The predicted molar refractivity (Wildman–Crippen MR) is 154 cm³/mol. The fourth-order valence-electron chi connectivity index (χ4n) is 4.54. The Kier molecular flexibility index (Phi) is 6.75. The Morgan fingerprint density at radius 1 is 1.11 bits per heavy atom. The number of benzene rings is 3. The van der Waals surface area contributed by atoms with Gasteiger partial charge in [-0.1, -0.05) is 29.8 Å². The summed E-state index contributed by atoms with van der Waals surface area (Å²) in [4.78, 5) is 16.9. The van der Waals surface area contributed by atoms with Gasteiger partial charge in [-0.2, -0.15) is 5.10 Å². The number of ether oxygens (including phenoxy) is 1. The number of aliphatic carboxylic acids is 1. The molecule has 0 atom stereocenters. The second-order valence-corrected chi connectivity index (χ2v) is 11.8. The number of thiazole rings is 1. The Hall–Kier alpha value is -3.68. The highest BCUT2D eigenvalue weighted by molar-refractivity contribution is 7.22. The van der Waals surface area contributed by atoms with Crippen LogP contribution in [0, 0.1) is 6.92 Å². The Labute approximate surface area is 230 Å². The molecule has 0 aliphatic heterocycles. The number of carboxylic acid groups (broad SMARTS) is 1. The fraction of sp³-hybridized carbons (Fsp3) is 0.233. The summed E-state index contributed by atoms with van der Waals surface area (Å²) in [5.41, 5.74) is 6.64. The van der Waals surface area contributed by atoms with E-state index in [1.807, 2.05) is 77.5 Å². The molecule has 0 unspecified atom stereocenters. The van der Waals surface area contributed by atoms with E-state index in [2.05, 4.69) is 17.2 Å². The van der Waals surface area contributed by atoms with Crippen molar-refractivity contribution in [1.29, 1.82) is 0 Å². The maximum atomic E-state index is 11.9. The number of aryl methyl sites for hydroxylation is 2. The number of hydrogen-bond acceptors (Lipinski definition) is 5. The Bertz CT molecular complexity index is 1680. The summed E-state index contributed by atoms with van der Waals surface area (Å²) in [6, 6.07) is 15.7. The van der Waals surface area contributed by atoms with E-state index in [9.17, 15) is 9.90 Å². The standard InChI is InChI=1S/C30H28ClN3O3S/c1-17-11-24-28(38-29(33-24)19-8-6-7-18(12-19)20-15-32-34(5)16-20)27(23(17)14-26(35)36)22-10-9-21(31)13-25(22)37-30(2,3)4/h6-13,15-16H,14H2,1-5H3,(H,35,36). The highest BCUT2D eigenvalue weighted by Gasteiger charge is 2.24. The van der Waals surface area contributed by atoms with Crippen molar-refractivity contribution in [3.05, 3.63) is 77.1 Å². The molecule has 2 heterocycles. The SMILES string of the molecule is Cc1cc2nc(-c3cccc(-c4cnn(C)c4)c3)sc2c(-c2ccc(Cl)cc2OC(C)(C)C)c1CC(=O)O. The maximum Gasteiger partial charge on any atom is 0.307 e. The maximum absolute atomic E-state index is 11.9. The van der Waals surface area contributed by atoms with Gasteiger partial charge in [0, 0.05) is 40.5 Å². The summed E-state index contributed by atoms with van der Waals surface area (Å²) in [6.45, 7) is 7.86. The van der Waals surface area contributed by atoms with Gasteiger partial charge in [0.15, 0.2) is 0 Å². The molecular weight excluding hydrogens is 518 g/mol. The molecule has 0 saturated heterocycles. The van der Waals surface area contributed by atoms with Crippen LogP contribution in [0.15, 0.2) is 60.9 Å². The Morgan fingerprint density at radius 3 is 2.55 bits per heavy atom. The van der Waals surface area contributed by atoms with Gasteiger partial charge in [-0.3, -0.25) is 9.48 Å². The third kappa shape index (κ3) is 5.30. The lowest BCUT2D eigenvalue weighted by atomic mass is 9.92. The van der Waals surface area contributed by atoms with Crippen LogP contribution in [0.4, 0.5) is 0 Å². The summed E-state index contributed by atoms with van der Waals surface area (Å²) >= 11 is 7.92. The minimum absolute atomic E-state index is 0.113. The average molecular weight is 546 g/mol. The van der Waals surface area contributed by atoms with Crippen LogP contribution in [-0.2, 0) is 18.3 Å². The molecule has 0 fully saturated rings. The van der Waals surface area contributed by atoms with Crippen LogP contribution < -0.4 is 4.74 Å². The quantitative estimate of drug-likeness (QED) is 0.235. The lowest BCUT2D eigenvalue weighted by Gasteiger charge is -2.24. The van der Waals surface area contributed by atoms with Gasteiger partial charge in [-0.25, -0.2) is 4.98 Å². The number of carbonyl (C=O) groups is 1. The molecule has 0 aliphatic carbocycles. The number of aromatic nitrogens is 3. The first kappa shape index (κ1) is 25.9. The largest absolute Gasteiger partial charge is 0.487 e. The van der Waals surface area contributed by atoms with Crippen molar-refractivity contribution < 1.29 is 14.6 Å². The van der Waals surface area contributed by atoms with E-state index < -0.39 is 11.6 Å². The zero-order valence-corrected chi connectivity index (χ0v) is 23.4. The fourth-order valence-corrected chi connectivity index (χ4v) is 5.83. The molecule has 0 radical (unpaired) electrons. The van der Waals surface area contributed by atoms with Crippen molar-refractivity contribution in [2.45, 2.75) is 39.7 Å². The molecule has 0 saturated carbocycles. The molecule has 0 amide bonds. The van der Waals surface area contributed by atoms with Gasteiger partial charge in [0.1, 0.15) is 16.4 Å². The van der Waals surface area contributed by atoms with E-state index in [1.54, 1.807) is 22.1 Å². The number of rotatable bonds is 6. The predicted octanol–water partition coefficient (Wildman–Crippen LogP) is 7.80. The zero-order chi connectivity index (χ0) is 27.2. The van der Waals surface area contributed by atoms with Crippen molar-refractivity contribution in [1.82, 2.24) is 14.8 Å². The number of hydrogen-bond donors (Lipinski definition) is 1. The summed E-state index contributed by atoms with van der Waals surface area (Å²) in [6.07, 6.45) is 3.71. The van der Waals surface area contributed by atoms with Gasteiger partial charge in [0.25, 0.3) is 0 Å². The summed E-state index contributed by atoms with van der Waals surface area (Å²) in [7, 11) is 1.90. The molecule has 1 N–H and O–H groups in total. The third-order valence-corrected chi connectivity index (χ3v) is 7.49. The third-order valence-electron chi connectivity index (χ3n) is 6.12. The van der Waals surface area contributed by atoms with Crippen molar-refractivity contribution in [2.24, 2.45) is 7.05 Å². The zero-order valence-electron chi connectivity index (χ0n) is 21.9. The highest BCUT2D eigenvalue weighted by Crippen LogP contribution is 2.45. The van der Waals surface area contributed by atoms with E-state index in [-0.39, 0.29) is 6.42 Å². The summed E-state index contributed by atoms with van der Waals surface area (Å²) < 4.78 is 9.01. The van der Waals surface area contributed by atoms with Gasteiger partial charge in [0.2, 0.25) is 0 Å². The average Bonchev–Trinajstić information content (AvgIpc) is 3.45. The van der Waals surface area contributed by atoms with Gasteiger partial charge in [-0.05, 0) is 74.7 Å². The monoisotopic (exact) mass is 545 g/mol. The van der Waals surface area contributed by atoms with Crippen LogP contribution in [0.1, 0.15) is 31.9 Å². The van der Waals surface area contributed by atoms with Gasteiger partial charge < -0.3 is 9.84 Å². The summed E-state index contributed by atoms with van der Waals surface area (Å²) in [5, 5.41) is 15.5. The molecule has 194 valence electrons. The van der Waals surface area contributed by atoms with E-state index in [0.717, 1.165) is 54.2 Å². The molecule has 0 spiro atoms. The minimum atomic E-state index is -0.894. The molecule has 6 nitrogen and oxygen atoms in total. The lowest BCUT2D eigenvalue weighted by molar-refractivity contribution is -0.136. The smallest absolute Gasteiger partial charge is 0.307 e. The topological polar surface area (TPSA) is 77.2 Å².